The second kappa shape index (κ2) is 5.16. The van der Waals surface area contributed by atoms with Crippen molar-refractivity contribution in [2.24, 2.45) is 7.05 Å². The van der Waals surface area contributed by atoms with Gasteiger partial charge in [-0.15, -0.1) is 0 Å². The minimum absolute atomic E-state index is 0.425. The summed E-state index contributed by atoms with van der Waals surface area (Å²) >= 11 is 0. The molecule has 0 amide bonds. The van der Waals surface area contributed by atoms with Crippen molar-refractivity contribution in [3.8, 4) is 11.3 Å². The van der Waals surface area contributed by atoms with E-state index in [1.54, 1.807) is 0 Å². The number of fused-ring (bicyclic) bond motifs is 1. The molecule has 110 valence electrons. The van der Waals surface area contributed by atoms with Crippen molar-refractivity contribution in [3.63, 3.8) is 0 Å². The molecular formula is C16H20N4O. The van der Waals surface area contributed by atoms with E-state index in [1.807, 2.05) is 17.9 Å². The SMILES string of the molecule is Cn1cnc(-c2cc3c(c(N[C@H]4CCOC4)c2)CNC3)c1. The van der Waals surface area contributed by atoms with Crippen LogP contribution in [0, 0.1) is 0 Å². The van der Waals surface area contributed by atoms with Crippen molar-refractivity contribution in [2.45, 2.75) is 25.6 Å². The van der Waals surface area contributed by atoms with Gasteiger partial charge in [-0.1, -0.05) is 0 Å². The van der Waals surface area contributed by atoms with Crippen molar-refractivity contribution in [2.75, 3.05) is 18.5 Å². The Labute approximate surface area is 124 Å². The van der Waals surface area contributed by atoms with Crippen molar-refractivity contribution in [3.05, 3.63) is 35.8 Å². The van der Waals surface area contributed by atoms with Crippen LogP contribution in [0.4, 0.5) is 5.69 Å². The molecule has 2 aliphatic rings. The van der Waals surface area contributed by atoms with E-state index in [4.69, 9.17) is 4.74 Å². The second-order valence-corrected chi connectivity index (χ2v) is 5.89. The average Bonchev–Trinajstić information content (AvgIpc) is 3.18. The second-order valence-electron chi connectivity index (χ2n) is 5.89. The summed E-state index contributed by atoms with van der Waals surface area (Å²) in [6.07, 6.45) is 4.99. The van der Waals surface area contributed by atoms with Crippen LogP contribution in [-0.2, 0) is 24.9 Å². The summed E-state index contributed by atoms with van der Waals surface area (Å²) in [4.78, 5) is 4.47. The van der Waals surface area contributed by atoms with Gasteiger partial charge in [-0.2, -0.15) is 0 Å². The molecule has 0 aliphatic carbocycles. The van der Waals surface area contributed by atoms with Gasteiger partial charge >= 0.3 is 0 Å². The van der Waals surface area contributed by atoms with Gasteiger partial charge in [0, 0.05) is 44.2 Å². The summed E-state index contributed by atoms with van der Waals surface area (Å²) < 4.78 is 7.46. The Morgan fingerprint density at radius 3 is 3.10 bits per heavy atom. The molecule has 2 aromatic rings. The molecule has 3 heterocycles. The molecule has 1 aromatic carbocycles. The van der Waals surface area contributed by atoms with Gasteiger partial charge in [0.1, 0.15) is 0 Å². The standard InChI is InChI=1S/C16H20N4O/c1-20-8-16(18-10-20)11-4-12-6-17-7-14(12)15(5-11)19-13-2-3-21-9-13/h4-5,8,10,13,17,19H,2-3,6-7,9H2,1H3/t13-/m0/s1. The molecule has 0 bridgehead atoms. The van der Waals surface area contributed by atoms with E-state index in [0.29, 0.717) is 6.04 Å². The summed E-state index contributed by atoms with van der Waals surface area (Å²) in [5.41, 5.74) is 6.20. The Kier molecular flexibility index (Phi) is 3.16. The molecule has 2 aliphatic heterocycles. The highest BCUT2D eigenvalue weighted by atomic mass is 16.5. The van der Waals surface area contributed by atoms with E-state index in [1.165, 1.54) is 22.4 Å². The monoisotopic (exact) mass is 284 g/mol. The lowest BCUT2D eigenvalue weighted by Gasteiger charge is -2.17. The van der Waals surface area contributed by atoms with Gasteiger partial charge < -0.3 is 19.9 Å². The number of benzene rings is 1. The van der Waals surface area contributed by atoms with Crippen LogP contribution in [0.1, 0.15) is 17.5 Å². The highest BCUT2D eigenvalue weighted by molar-refractivity contribution is 5.70. The minimum Gasteiger partial charge on any atom is -0.380 e. The number of hydrogen-bond donors (Lipinski definition) is 2. The maximum absolute atomic E-state index is 5.47. The van der Waals surface area contributed by atoms with Crippen molar-refractivity contribution in [1.82, 2.24) is 14.9 Å². The lowest BCUT2D eigenvalue weighted by atomic mass is 10.0. The van der Waals surface area contributed by atoms with Crippen LogP contribution in [0.25, 0.3) is 11.3 Å². The Morgan fingerprint density at radius 1 is 1.38 bits per heavy atom. The van der Waals surface area contributed by atoms with Crippen LogP contribution in [-0.4, -0.2) is 28.8 Å². The number of aromatic nitrogens is 2. The van der Waals surface area contributed by atoms with E-state index in [0.717, 1.165) is 38.4 Å². The van der Waals surface area contributed by atoms with Gasteiger partial charge in [0.05, 0.1) is 24.7 Å². The van der Waals surface area contributed by atoms with Crippen molar-refractivity contribution >= 4 is 5.69 Å². The normalized spacial score (nSPS) is 20.7. The molecule has 1 fully saturated rings. The van der Waals surface area contributed by atoms with Crippen LogP contribution in [0.5, 0.6) is 0 Å². The maximum atomic E-state index is 5.47. The predicted molar refractivity (Wildman–Crippen MR) is 82.0 cm³/mol. The molecule has 0 spiro atoms. The summed E-state index contributed by atoms with van der Waals surface area (Å²) in [5, 5.41) is 7.10. The Morgan fingerprint density at radius 2 is 2.33 bits per heavy atom. The van der Waals surface area contributed by atoms with E-state index in [-0.39, 0.29) is 0 Å². The molecule has 0 unspecified atom stereocenters. The zero-order valence-electron chi connectivity index (χ0n) is 12.2. The van der Waals surface area contributed by atoms with Crippen LogP contribution in [0.15, 0.2) is 24.7 Å². The highest BCUT2D eigenvalue weighted by Gasteiger charge is 2.21. The summed E-state index contributed by atoms with van der Waals surface area (Å²) in [6, 6.07) is 4.91. The molecular weight excluding hydrogens is 264 g/mol. The maximum Gasteiger partial charge on any atom is 0.0951 e. The van der Waals surface area contributed by atoms with Crippen LogP contribution in [0.2, 0.25) is 0 Å². The fraction of sp³-hybridized carbons (Fsp3) is 0.438. The molecule has 5 heteroatoms. The first-order chi connectivity index (χ1) is 10.3. The van der Waals surface area contributed by atoms with Gasteiger partial charge in [0.25, 0.3) is 0 Å². The highest BCUT2D eigenvalue weighted by Crippen LogP contribution is 2.32. The van der Waals surface area contributed by atoms with E-state index >= 15 is 0 Å². The first kappa shape index (κ1) is 12.9. The fourth-order valence-corrected chi connectivity index (χ4v) is 3.13. The van der Waals surface area contributed by atoms with Crippen molar-refractivity contribution < 1.29 is 4.74 Å². The molecule has 1 saturated heterocycles. The third kappa shape index (κ3) is 2.43. The first-order valence-corrected chi connectivity index (χ1v) is 7.49. The van der Waals surface area contributed by atoms with Gasteiger partial charge in [0.2, 0.25) is 0 Å². The number of imidazole rings is 1. The zero-order chi connectivity index (χ0) is 14.2. The average molecular weight is 284 g/mol. The number of ether oxygens (including phenoxy) is 1. The van der Waals surface area contributed by atoms with Gasteiger partial charge in [-0.3, -0.25) is 0 Å². The third-order valence-electron chi connectivity index (χ3n) is 4.25. The molecule has 5 nitrogen and oxygen atoms in total. The zero-order valence-corrected chi connectivity index (χ0v) is 12.2. The predicted octanol–water partition coefficient (Wildman–Crippen LogP) is 1.89. The fourth-order valence-electron chi connectivity index (χ4n) is 3.13. The van der Waals surface area contributed by atoms with Gasteiger partial charge in [0.15, 0.2) is 0 Å². The number of nitrogens with zero attached hydrogens (tertiary/aromatic N) is 2. The molecule has 0 saturated carbocycles. The molecule has 1 aromatic heterocycles. The molecule has 2 N–H and O–H groups in total. The van der Waals surface area contributed by atoms with Crippen LogP contribution in [0.3, 0.4) is 0 Å². The quantitative estimate of drug-likeness (QED) is 0.904. The van der Waals surface area contributed by atoms with E-state index < -0.39 is 0 Å². The van der Waals surface area contributed by atoms with Crippen LogP contribution >= 0.6 is 0 Å². The van der Waals surface area contributed by atoms with E-state index in [2.05, 4.69) is 33.9 Å². The smallest absolute Gasteiger partial charge is 0.0951 e. The number of nitrogens with one attached hydrogen (secondary N) is 2. The molecule has 0 radical (unpaired) electrons. The first-order valence-electron chi connectivity index (χ1n) is 7.49. The topological polar surface area (TPSA) is 51.1 Å². The number of rotatable bonds is 3. The van der Waals surface area contributed by atoms with Crippen LogP contribution < -0.4 is 10.6 Å². The van der Waals surface area contributed by atoms with Crippen molar-refractivity contribution in [1.29, 1.82) is 0 Å². The Bertz CT molecular complexity index is 658. The Hall–Kier alpha value is -1.85. The lowest BCUT2D eigenvalue weighted by molar-refractivity contribution is 0.195. The number of anilines is 1. The summed E-state index contributed by atoms with van der Waals surface area (Å²) in [5.74, 6) is 0. The minimum atomic E-state index is 0.425. The molecule has 1 atom stereocenters. The molecule has 21 heavy (non-hydrogen) atoms. The molecule has 4 rings (SSSR count). The lowest BCUT2D eigenvalue weighted by Crippen LogP contribution is -2.20. The summed E-state index contributed by atoms with van der Waals surface area (Å²) in [7, 11) is 2.00. The van der Waals surface area contributed by atoms with Gasteiger partial charge in [-0.05, 0) is 29.7 Å². The Balaban J connectivity index is 1.72. The van der Waals surface area contributed by atoms with E-state index in [9.17, 15) is 0 Å². The summed E-state index contributed by atoms with van der Waals surface area (Å²) in [6.45, 7) is 3.54. The largest absolute Gasteiger partial charge is 0.380 e. The van der Waals surface area contributed by atoms with Gasteiger partial charge in [-0.25, -0.2) is 4.98 Å². The number of hydrogen-bond acceptors (Lipinski definition) is 4. The third-order valence-corrected chi connectivity index (χ3v) is 4.25. The number of aryl methyl sites for hydroxylation is 1.